The molecule has 118 valence electrons. The molecule has 0 radical (unpaired) electrons. The zero-order valence-corrected chi connectivity index (χ0v) is 13.2. The minimum Gasteiger partial charge on any atom is -0.490 e. The fraction of sp³-hybridized carbons (Fsp3) is 0.500. The van der Waals surface area contributed by atoms with Crippen LogP contribution in [0.2, 0.25) is 0 Å². The van der Waals surface area contributed by atoms with E-state index in [2.05, 4.69) is 0 Å². The summed E-state index contributed by atoms with van der Waals surface area (Å²) in [6.45, 7) is 4.22. The quantitative estimate of drug-likeness (QED) is 0.409. The van der Waals surface area contributed by atoms with Crippen LogP contribution in [0.5, 0.6) is 11.5 Å². The molecule has 0 fully saturated rings. The van der Waals surface area contributed by atoms with E-state index in [0.717, 1.165) is 0 Å². The lowest BCUT2D eigenvalue weighted by atomic mass is 10.2. The summed E-state index contributed by atoms with van der Waals surface area (Å²) in [5.41, 5.74) is 5.99. The minimum atomic E-state index is -2.97. The highest BCUT2D eigenvalue weighted by atomic mass is 32.2. The Morgan fingerprint density at radius 3 is 2.52 bits per heavy atom. The van der Waals surface area contributed by atoms with E-state index in [1.165, 1.54) is 0 Å². The van der Waals surface area contributed by atoms with Gasteiger partial charge >= 0.3 is 0 Å². The standard InChI is InChI=1S/C14H22N2O4S/c1-3-19-13-10-11(14(15)16)6-7-12(13)20-8-5-9-21(17,18)4-2/h6-7,10H,3-5,8-9H2,1-2H3,(H3,15,16). The summed E-state index contributed by atoms with van der Waals surface area (Å²) >= 11 is 0. The molecule has 0 unspecified atom stereocenters. The Kier molecular flexibility index (Phi) is 6.48. The number of rotatable bonds is 9. The third-order valence-electron chi connectivity index (χ3n) is 2.85. The molecule has 0 amide bonds. The fourth-order valence-corrected chi connectivity index (χ4v) is 2.51. The lowest BCUT2D eigenvalue weighted by Gasteiger charge is -2.13. The fourth-order valence-electron chi connectivity index (χ4n) is 1.67. The first kappa shape index (κ1) is 17.3. The van der Waals surface area contributed by atoms with Crippen LogP contribution in [0.3, 0.4) is 0 Å². The smallest absolute Gasteiger partial charge is 0.161 e. The first-order chi connectivity index (χ1) is 9.89. The summed E-state index contributed by atoms with van der Waals surface area (Å²) in [7, 11) is -2.97. The molecule has 0 aliphatic rings. The maximum atomic E-state index is 11.4. The average molecular weight is 314 g/mol. The van der Waals surface area contributed by atoms with Gasteiger partial charge in [0.15, 0.2) is 11.5 Å². The van der Waals surface area contributed by atoms with Gasteiger partial charge in [0.25, 0.3) is 0 Å². The number of nitrogen functional groups attached to an aromatic ring is 1. The maximum Gasteiger partial charge on any atom is 0.161 e. The van der Waals surface area contributed by atoms with Crippen LogP contribution in [-0.2, 0) is 9.84 Å². The van der Waals surface area contributed by atoms with E-state index < -0.39 is 9.84 Å². The Morgan fingerprint density at radius 2 is 1.95 bits per heavy atom. The lowest BCUT2D eigenvalue weighted by molar-refractivity contribution is 0.277. The van der Waals surface area contributed by atoms with Gasteiger partial charge in [-0.05, 0) is 31.5 Å². The van der Waals surface area contributed by atoms with Crippen molar-refractivity contribution in [2.24, 2.45) is 5.73 Å². The molecule has 0 atom stereocenters. The van der Waals surface area contributed by atoms with Gasteiger partial charge in [-0.3, -0.25) is 5.41 Å². The summed E-state index contributed by atoms with van der Waals surface area (Å²) in [6, 6.07) is 4.99. The molecule has 0 bridgehead atoms. The number of hydrogen-bond acceptors (Lipinski definition) is 5. The van der Waals surface area contributed by atoms with E-state index in [1.54, 1.807) is 25.1 Å². The average Bonchev–Trinajstić information content (AvgIpc) is 2.45. The van der Waals surface area contributed by atoms with E-state index in [0.29, 0.717) is 36.7 Å². The normalized spacial score (nSPS) is 11.1. The van der Waals surface area contributed by atoms with Crippen LogP contribution in [-0.4, -0.2) is 39.0 Å². The number of sulfone groups is 1. The van der Waals surface area contributed by atoms with Crippen molar-refractivity contribution in [1.82, 2.24) is 0 Å². The summed E-state index contributed by atoms with van der Waals surface area (Å²) in [4.78, 5) is 0. The predicted octanol–water partition coefficient (Wildman–Crippen LogP) is 1.57. The van der Waals surface area contributed by atoms with Crippen molar-refractivity contribution >= 4 is 15.7 Å². The SMILES string of the molecule is CCOc1cc(C(=N)N)ccc1OCCCS(=O)(=O)CC. The third-order valence-corrected chi connectivity index (χ3v) is 4.64. The molecular weight excluding hydrogens is 292 g/mol. The van der Waals surface area contributed by atoms with E-state index in [1.807, 2.05) is 6.92 Å². The molecule has 0 spiro atoms. The van der Waals surface area contributed by atoms with Gasteiger partial charge in [0, 0.05) is 11.3 Å². The van der Waals surface area contributed by atoms with Crippen LogP contribution in [0.15, 0.2) is 18.2 Å². The minimum absolute atomic E-state index is 0.0449. The summed E-state index contributed by atoms with van der Waals surface area (Å²) in [5, 5.41) is 7.41. The second-order valence-corrected chi connectivity index (χ2v) is 6.92. The van der Waals surface area contributed by atoms with Gasteiger partial charge in [-0.25, -0.2) is 8.42 Å². The highest BCUT2D eigenvalue weighted by Crippen LogP contribution is 2.28. The van der Waals surface area contributed by atoms with Crippen molar-refractivity contribution < 1.29 is 17.9 Å². The molecule has 0 heterocycles. The van der Waals surface area contributed by atoms with Crippen LogP contribution in [0, 0.1) is 5.41 Å². The predicted molar refractivity (Wildman–Crippen MR) is 83.1 cm³/mol. The summed E-state index contributed by atoms with van der Waals surface area (Å²) in [6.07, 6.45) is 0.427. The van der Waals surface area contributed by atoms with Crippen molar-refractivity contribution in [1.29, 1.82) is 5.41 Å². The van der Waals surface area contributed by atoms with Crippen LogP contribution < -0.4 is 15.2 Å². The van der Waals surface area contributed by atoms with Crippen molar-refractivity contribution in [3.63, 3.8) is 0 Å². The maximum absolute atomic E-state index is 11.4. The van der Waals surface area contributed by atoms with Crippen LogP contribution in [0.1, 0.15) is 25.8 Å². The van der Waals surface area contributed by atoms with Crippen LogP contribution in [0.25, 0.3) is 0 Å². The van der Waals surface area contributed by atoms with E-state index >= 15 is 0 Å². The van der Waals surface area contributed by atoms with Gasteiger partial charge in [-0.15, -0.1) is 0 Å². The Morgan fingerprint density at radius 1 is 1.24 bits per heavy atom. The molecule has 0 aliphatic heterocycles. The molecule has 7 heteroatoms. The van der Waals surface area contributed by atoms with Crippen molar-refractivity contribution in [3.8, 4) is 11.5 Å². The Hall–Kier alpha value is -1.76. The van der Waals surface area contributed by atoms with Crippen LogP contribution >= 0.6 is 0 Å². The summed E-state index contributed by atoms with van der Waals surface area (Å²) in [5.74, 6) is 1.24. The molecule has 3 N–H and O–H groups in total. The Bertz CT molecular complexity index is 585. The van der Waals surface area contributed by atoms with Crippen molar-refractivity contribution in [2.45, 2.75) is 20.3 Å². The first-order valence-electron chi connectivity index (χ1n) is 6.84. The highest BCUT2D eigenvalue weighted by Gasteiger charge is 2.10. The highest BCUT2D eigenvalue weighted by molar-refractivity contribution is 7.91. The third kappa shape index (κ3) is 5.63. The lowest BCUT2D eigenvalue weighted by Crippen LogP contribution is -2.13. The topological polar surface area (TPSA) is 102 Å². The zero-order chi connectivity index (χ0) is 15.9. The van der Waals surface area contributed by atoms with E-state index in [9.17, 15) is 8.42 Å². The largest absolute Gasteiger partial charge is 0.490 e. The summed E-state index contributed by atoms with van der Waals surface area (Å²) < 4.78 is 33.8. The number of nitrogens with one attached hydrogen (secondary N) is 1. The molecule has 6 nitrogen and oxygen atoms in total. The molecule has 1 aromatic rings. The number of amidine groups is 1. The number of nitrogens with two attached hydrogens (primary N) is 1. The van der Waals surface area contributed by atoms with Crippen molar-refractivity contribution in [3.05, 3.63) is 23.8 Å². The second-order valence-electron chi connectivity index (χ2n) is 4.45. The molecule has 1 rings (SSSR count). The molecule has 0 saturated heterocycles. The molecule has 0 saturated carbocycles. The Balaban J connectivity index is 2.67. The van der Waals surface area contributed by atoms with Gasteiger partial charge in [-0.1, -0.05) is 6.92 Å². The van der Waals surface area contributed by atoms with E-state index in [4.69, 9.17) is 20.6 Å². The molecule has 1 aromatic carbocycles. The number of ether oxygens (including phenoxy) is 2. The van der Waals surface area contributed by atoms with Crippen molar-refractivity contribution in [2.75, 3.05) is 24.7 Å². The van der Waals surface area contributed by atoms with Gasteiger partial charge in [-0.2, -0.15) is 0 Å². The number of benzene rings is 1. The van der Waals surface area contributed by atoms with Gasteiger partial charge in [0.2, 0.25) is 0 Å². The van der Waals surface area contributed by atoms with Crippen LogP contribution in [0.4, 0.5) is 0 Å². The van der Waals surface area contributed by atoms with Gasteiger partial charge < -0.3 is 15.2 Å². The van der Waals surface area contributed by atoms with Gasteiger partial charge in [0.05, 0.1) is 19.0 Å². The van der Waals surface area contributed by atoms with Gasteiger partial charge in [0.1, 0.15) is 15.7 Å². The molecule has 21 heavy (non-hydrogen) atoms. The molecule has 0 aliphatic carbocycles. The first-order valence-corrected chi connectivity index (χ1v) is 8.66. The van der Waals surface area contributed by atoms with E-state index in [-0.39, 0.29) is 17.3 Å². The Labute approximate surface area is 125 Å². The molecule has 0 aromatic heterocycles. The number of hydrogen-bond donors (Lipinski definition) is 2. The second kappa shape index (κ2) is 7.87. The molecular formula is C14H22N2O4S. The zero-order valence-electron chi connectivity index (χ0n) is 12.4. The monoisotopic (exact) mass is 314 g/mol.